The lowest BCUT2D eigenvalue weighted by atomic mass is 10.0. The monoisotopic (exact) mass is 455 g/mol. The van der Waals surface area contributed by atoms with Gasteiger partial charge in [-0.15, -0.1) is 0 Å². The standard InChI is InChI=1S/C23H16F3N3O4/c24-23(25,26)14-1-4-18(27-11-14)13-5-8-29(21(30)9-13)15-2-3-16-17-12-28(22(31)32)7-6-19(17)33-20(16)10-15/h1-5,8-11H,6-7,12H2,(H,31,32). The number of carbonyl (C=O) groups is 1. The quantitative estimate of drug-likeness (QED) is 0.473. The van der Waals surface area contributed by atoms with Gasteiger partial charge in [-0.25, -0.2) is 4.79 Å². The van der Waals surface area contributed by atoms with Gasteiger partial charge >= 0.3 is 12.3 Å². The molecule has 0 aliphatic carbocycles. The molecular weight excluding hydrogens is 439 g/mol. The lowest BCUT2D eigenvalue weighted by Gasteiger charge is -2.23. The van der Waals surface area contributed by atoms with Crippen LogP contribution in [0.3, 0.4) is 0 Å². The van der Waals surface area contributed by atoms with E-state index in [4.69, 9.17) is 4.42 Å². The summed E-state index contributed by atoms with van der Waals surface area (Å²) in [5.41, 5.74) is 1.31. The molecule has 10 heteroatoms. The molecule has 0 unspecified atom stereocenters. The number of rotatable bonds is 2. The van der Waals surface area contributed by atoms with Gasteiger partial charge in [0.1, 0.15) is 11.3 Å². The van der Waals surface area contributed by atoms with Crippen molar-refractivity contribution < 1.29 is 27.5 Å². The van der Waals surface area contributed by atoms with Gasteiger partial charge in [0.2, 0.25) is 0 Å². The molecule has 1 aromatic carbocycles. The van der Waals surface area contributed by atoms with Crippen LogP contribution in [0, 0.1) is 0 Å². The van der Waals surface area contributed by atoms with Crippen LogP contribution in [-0.2, 0) is 19.1 Å². The zero-order chi connectivity index (χ0) is 23.3. The smallest absolute Gasteiger partial charge is 0.417 e. The van der Waals surface area contributed by atoms with Crippen molar-refractivity contribution in [1.29, 1.82) is 0 Å². The Hall–Kier alpha value is -4.08. The van der Waals surface area contributed by atoms with Crippen LogP contribution in [0.5, 0.6) is 0 Å². The van der Waals surface area contributed by atoms with E-state index < -0.39 is 17.8 Å². The molecule has 1 aliphatic rings. The molecule has 7 nitrogen and oxygen atoms in total. The molecule has 1 amide bonds. The number of pyridine rings is 2. The molecule has 4 heterocycles. The summed E-state index contributed by atoms with van der Waals surface area (Å²) in [5, 5.41) is 10.0. The summed E-state index contributed by atoms with van der Waals surface area (Å²) in [6.07, 6.45) is -2.74. The first-order chi connectivity index (χ1) is 15.7. The molecule has 1 aliphatic heterocycles. The SMILES string of the molecule is O=C(O)N1CCc2oc3cc(-n4ccc(-c5ccc(C(F)(F)F)cn5)cc4=O)ccc3c2C1. The van der Waals surface area contributed by atoms with Gasteiger partial charge in [-0.3, -0.25) is 14.3 Å². The minimum absolute atomic E-state index is 0.242. The van der Waals surface area contributed by atoms with E-state index in [-0.39, 0.29) is 17.8 Å². The maximum Gasteiger partial charge on any atom is 0.417 e. The van der Waals surface area contributed by atoms with Gasteiger partial charge in [0, 0.05) is 54.0 Å². The second-order valence-corrected chi connectivity index (χ2v) is 7.69. The molecule has 168 valence electrons. The van der Waals surface area contributed by atoms with Gasteiger partial charge in [-0.2, -0.15) is 13.2 Å². The third-order valence-corrected chi connectivity index (χ3v) is 5.67. The lowest BCUT2D eigenvalue weighted by molar-refractivity contribution is -0.137. The van der Waals surface area contributed by atoms with E-state index in [9.17, 15) is 27.9 Å². The lowest BCUT2D eigenvalue weighted by Crippen LogP contribution is -2.34. The number of aromatic nitrogens is 2. The van der Waals surface area contributed by atoms with Crippen molar-refractivity contribution in [1.82, 2.24) is 14.5 Å². The van der Waals surface area contributed by atoms with E-state index in [1.165, 1.54) is 27.8 Å². The summed E-state index contributed by atoms with van der Waals surface area (Å²) in [5.74, 6) is 0.732. The molecule has 3 aromatic heterocycles. The zero-order valence-corrected chi connectivity index (χ0v) is 17.0. The van der Waals surface area contributed by atoms with Crippen molar-refractivity contribution in [2.24, 2.45) is 0 Å². The van der Waals surface area contributed by atoms with E-state index in [1.54, 1.807) is 24.3 Å². The third-order valence-electron chi connectivity index (χ3n) is 5.67. The molecule has 33 heavy (non-hydrogen) atoms. The van der Waals surface area contributed by atoms with Crippen LogP contribution in [0.4, 0.5) is 18.0 Å². The number of benzene rings is 1. The molecule has 0 fully saturated rings. The predicted molar refractivity (Wildman–Crippen MR) is 112 cm³/mol. The Morgan fingerprint density at radius 2 is 1.94 bits per heavy atom. The van der Waals surface area contributed by atoms with Crippen molar-refractivity contribution in [3.05, 3.63) is 82.1 Å². The Balaban J connectivity index is 1.47. The number of hydrogen-bond donors (Lipinski definition) is 1. The van der Waals surface area contributed by atoms with Crippen LogP contribution >= 0.6 is 0 Å². The second kappa shape index (κ2) is 7.51. The topological polar surface area (TPSA) is 88.6 Å². The number of nitrogens with zero attached hydrogens (tertiary/aromatic N) is 3. The molecule has 0 radical (unpaired) electrons. The van der Waals surface area contributed by atoms with E-state index in [2.05, 4.69) is 4.98 Å². The Labute approximate surface area is 184 Å². The summed E-state index contributed by atoms with van der Waals surface area (Å²) < 4.78 is 45.5. The number of carboxylic acid groups (broad SMARTS) is 1. The summed E-state index contributed by atoms with van der Waals surface area (Å²) in [6, 6.07) is 10.3. The number of halogens is 3. The van der Waals surface area contributed by atoms with E-state index in [1.807, 2.05) is 0 Å². The Morgan fingerprint density at radius 1 is 1.12 bits per heavy atom. The average molecular weight is 455 g/mol. The first-order valence-electron chi connectivity index (χ1n) is 9.99. The van der Waals surface area contributed by atoms with E-state index in [0.717, 1.165) is 29.0 Å². The van der Waals surface area contributed by atoms with Crippen molar-refractivity contribution >= 4 is 17.1 Å². The fourth-order valence-corrected chi connectivity index (χ4v) is 3.97. The minimum atomic E-state index is -4.48. The molecule has 5 rings (SSSR count). The fourth-order valence-electron chi connectivity index (χ4n) is 3.97. The molecule has 1 N–H and O–H groups in total. The predicted octanol–water partition coefficient (Wildman–Crippen LogP) is 4.70. The van der Waals surface area contributed by atoms with E-state index >= 15 is 0 Å². The van der Waals surface area contributed by atoms with Crippen LogP contribution in [-0.4, -0.2) is 32.2 Å². The van der Waals surface area contributed by atoms with Gasteiger partial charge < -0.3 is 14.4 Å². The second-order valence-electron chi connectivity index (χ2n) is 7.69. The summed E-state index contributed by atoms with van der Waals surface area (Å²) in [6.45, 7) is 0.597. The number of amides is 1. The molecule has 0 saturated heterocycles. The highest BCUT2D eigenvalue weighted by molar-refractivity contribution is 5.85. The third kappa shape index (κ3) is 3.73. The summed E-state index contributed by atoms with van der Waals surface area (Å²) in [7, 11) is 0. The van der Waals surface area contributed by atoms with Crippen LogP contribution in [0.15, 0.2) is 64.1 Å². The van der Waals surface area contributed by atoms with Gasteiger partial charge in [0.15, 0.2) is 0 Å². The molecule has 0 bridgehead atoms. The maximum absolute atomic E-state index is 12.7. The van der Waals surface area contributed by atoms with Gasteiger partial charge in [-0.05, 0) is 30.3 Å². The number of hydrogen-bond acceptors (Lipinski definition) is 4. The van der Waals surface area contributed by atoms with Crippen LogP contribution in [0.1, 0.15) is 16.9 Å². The number of furan rings is 1. The van der Waals surface area contributed by atoms with Crippen molar-refractivity contribution in [2.75, 3.05) is 6.54 Å². The summed E-state index contributed by atoms with van der Waals surface area (Å²) >= 11 is 0. The normalized spacial score (nSPS) is 13.8. The van der Waals surface area contributed by atoms with Gasteiger partial charge in [0.05, 0.1) is 23.5 Å². The highest BCUT2D eigenvalue weighted by atomic mass is 19.4. The first-order valence-corrected chi connectivity index (χ1v) is 9.99. The number of alkyl halides is 3. The molecule has 0 atom stereocenters. The van der Waals surface area contributed by atoms with Crippen molar-refractivity contribution in [3.63, 3.8) is 0 Å². The Bertz CT molecular complexity index is 1440. The number of fused-ring (bicyclic) bond motifs is 3. The average Bonchev–Trinajstić information content (AvgIpc) is 3.15. The highest BCUT2D eigenvalue weighted by Gasteiger charge is 2.30. The van der Waals surface area contributed by atoms with Crippen LogP contribution < -0.4 is 5.56 Å². The Morgan fingerprint density at radius 3 is 2.61 bits per heavy atom. The van der Waals surface area contributed by atoms with E-state index in [0.29, 0.717) is 29.8 Å². The van der Waals surface area contributed by atoms with Crippen molar-refractivity contribution in [2.45, 2.75) is 19.1 Å². The first kappa shape index (κ1) is 20.8. The maximum atomic E-state index is 12.7. The van der Waals surface area contributed by atoms with Gasteiger partial charge in [0.25, 0.3) is 5.56 Å². The Kier molecular flexibility index (Phi) is 4.73. The minimum Gasteiger partial charge on any atom is -0.465 e. The van der Waals surface area contributed by atoms with Crippen LogP contribution in [0.2, 0.25) is 0 Å². The summed E-state index contributed by atoms with van der Waals surface area (Å²) in [4.78, 5) is 29.2. The fraction of sp³-hybridized carbons (Fsp3) is 0.174. The largest absolute Gasteiger partial charge is 0.465 e. The zero-order valence-electron chi connectivity index (χ0n) is 17.0. The molecule has 4 aromatic rings. The van der Waals surface area contributed by atoms with Crippen molar-refractivity contribution in [3.8, 4) is 16.9 Å². The molecular formula is C23H16F3N3O4. The van der Waals surface area contributed by atoms with Crippen LogP contribution in [0.25, 0.3) is 27.9 Å². The highest BCUT2D eigenvalue weighted by Crippen LogP contribution is 2.32. The van der Waals surface area contributed by atoms with Gasteiger partial charge in [-0.1, -0.05) is 0 Å². The molecule has 0 saturated carbocycles. The molecule has 0 spiro atoms.